The van der Waals surface area contributed by atoms with Crippen LogP contribution in [-0.4, -0.2) is 10.2 Å². The van der Waals surface area contributed by atoms with Crippen LogP contribution in [0.3, 0.4) is 0 Å². The first-order valence-electron chi connectivity index (χ1n) is 7.25. The van der Waals surface area contributed by atoms with Crippen LogP contribution >= 0.6 is 15.9 Å². The van der Waals surface area contributed by atoms with Gasteiger partial charge in [0.15, 0.2) is 0 Å². The lowest BCUT2D eigenvalue weighted by Crippen LogP contribution is -1.98. The molecule has 0 aliphatic rings. The summed E-state index contributed by atoms with van der Waals surface area (Å²) in [6.07, 6.45) is -3.04. The minimum Gasteiger partial charge on any atom is -0.155 e. The Labute approximate surface area is 87.8 Å². The average Bonchev–Trinajstić information content (AvgIpc) is 2.25. The van der Waals surface area contributed by atoms with E-state index in [9.17, 15) is 0 Å². The minimum atomic E-state index is -3.38. The van der Waals surface area contributed by atoms with Crippen LogP contribution in [0.15, 0.2) is 16.7 Å². The third-order valence-electron chi connectivity index (χ3n) is 0.885. The molecule has 1 rings (SSSR count). The molecular weight excluding hydrogens is 204 g/mol. The van der Waals surface area contributed by atoms with Crippen molar-refractivity contribution in [2.75, 3.05) is 0 Å². The van der Waals surface area contributed by atoms with Crippen LogP contribution in [0.2, 0.25) is 0 Å². The average molecular weight is 224 g/mol. The standard InChI is InChI=1S/C8H11BrN2/c1-6(2)5-7-3-4-8(9)11-10-7/h3-4,6H,5H2,1-2H3/i1D3,2D3,5D2,6D. The first kappa shape index (κ1) is 2.52. The predicted octanol–water partition coefficient (Wildman–Crippen LogP) is 2.44. The fourth-order valence-corrected chi connectivity index (χ4v) is 0.722. The highest BCUT2D eigenvalue weighted by Crippen LogP contribution is 2.07. The van der Waals surface area contributed by atoms with E-state index in [1.165, 1.54) is 6.07 Å². The number of hydrogen-bond acceptors (Lipinski definition) is 2. The molecule has 2 nitrogen and oxygen atoms in total. The van der Waals surface area contributed by atoms with E-state index in [0.29, 0.717) is 0 Å². The fraction of sp³-hybridized carbons (Fsp3) is 0.500. The van der Waals surface area contributed by atoms with Crippen LogP contribution < -0.4 is 0 Å². The van der Waals surface area contributed by atoms with Gasteiger partial charge in [0.25, 0.3) is 0 Å². The second-order valence-electron chi connectivity index (χ2n) is 1.74. The van der Waals surface area contributed by atoms with Gasteiger partial charge in [-0.05, 0) is 40.3 Å². The van der Waals surface area contributed by atoms with E-state index in [0.717, 1.165) is 6.07 Å². The van der Waals surface area contributed by atoms with Crippen LogP contribution in [0.5, 0.6) is 0 Å². The predicted molar refractivity (Wildman–Crippen MR) is 48.3 cm³/mol. The van der Waals surface area contributed by atoms with Gasteiger partial charge in [-0.1, -0.05) is 13.7 Å². The van der Waals surface area contributed by atoms with Crippen molar-refractivity contribution in [3.8, 4) is 0 Å². The van der Waals surface area contributed by atoms with Crippen molar-refractivity contribution in [1.82, 2.24) is 10.2 Å². The Morgan fingerprint density at radius 1 is 1.73 bits per heavy atom. The van der Waals surface area contributed by atoms with Gasteiger partial charge in [0.2, 0.25) is 0 Å². The summed E-state index contributed by atoms with van der Waals surface area (Å²) in [4.78, 5) is 0. The van der Waals surface area contributed by atoms with Crippen molar-refractivity contribution in [2.24, 2.45) is 5.89 Å². The van der Waals surface area contributed by atoms with Gasteiger partial charge in [-0.2, -0.15) is 5.10 Å². The lowest BCUT2D eigenvalue weighted by atomic mass is 10.1. The van der Waals surface area contributed by atoms with Crippen molar-refractivity contribution in [3.05, 3.63) is 22.4 Å². The molecule has 0 N–H and O–H groups in total. The summed E-state index contributed by atoms with van der Waals surface area (Å²) in [6.45, 7) is -6.76. The van der Waals surface area contributed by atoms with E-state index in [1.807, 2.05) is 0 Å². The Kier molecular flexibility index (Phi) is 0.874. The summed E-state index contributed by atoms with van der Waals surface area (Å²) in [5, 5.41) is 6.95. The molecule has 0 spiro atoms. The summed E-state index contributed by atoms with van der Waals surface area (Å²) in [7, 11) is 0. The second kappa shape index (κ2) is 3.81. The molecule has 1 aromatic rings. The van der Waals surface area contributed by atoms with Gasteiger partial charge in [0, 0.05) is 12.3 Å². The molecular formula is C8H11BrN2. The number of halogens is 1. The smallest absolute Gasteiger partial charge is 0.128 e. The highest BCUT2D eigenvalue weighted by molar-refractivity contribution is 9.10. The van der Waals surface area contributed by atoms with Crippen LogP contribution in [0.4, 0.5) is 0 Å². The van der Waals surface area contributed by atoms with E-state index in [2.05, 4.69) is 26.1 Å². The summed E-state index contributed by atoms with van der Waals surface area (Å²) >= 11 is 2.98. The lowest BCUT2D eigenvalue weighted by Gasteiger charge is -2.01. The van der Waals surface area contributed by atoms with Gasteiger partial charge < -0.3 is 0 Å². The number of hydrogen-bond donors (Lipinski definition) is 0. The van der Waals surface area contributed by atoms with Gasteiger partial charge in [-0.25, -0.2) is 0 Å². The molecule has 0 saturated heterocycles. The van der Waals surface area contributed by atoms with Crippen LogP contribution in [0.25, 0.3) is 0 Å². The normalized spacial score (nSPS) is 27.2. The second-order valence-corrected chi connectivity index (χ2v) is 2.55. The molecule has 1 aromatic heterocycles. The fourth-order valence-electron chi connectivity index (χ4n) is 0.511. The summed E-state index contributed by atoms with van der Waals surface area (Å²) in [6, 6.07) is 2.39. The van der Waals surface area contributed by atoms with Crippen LogP contribution in [0.1, 0.15) is 31.7 Å². The topological polar surface area (TPSA) is 25.8 Å². The Balaban J connectivity index is 3.51. The lowest BCUT2D eigenvalue weighted by molar-refractivity contribution is 0.627. The minimum absolute atomic E-state index is 0.274. The molecule has 0 radical (unpaired) electrons. The Hall–Kier alpha value is -0.440. The maximum atomic E-state index is 7.84. The molecule has 0 unspecified atom stereocenters. The zero-order valence-electron chi connectivity index (χ0n) is 14.4. The largest absolute Gasteiger partial charge is 0.155 e. The van der Waals surface area contributed by atoms with Gasteiger partial charge in [0.1, 0.15) is 4.60 Å². The van der Waals surface area contributed by atoms with E-state index < -0.39 is 31.7 Å². The quantitative estimate of drug-likeness (QED) is 0.771. The van der Waals surface area contributed by atoms with E-state index >= 15 is 0 Å². The SMILES string of the molecule is [2H]C([2H])([2H])C([2H])(C([2H])([2H])[2H])C([2H])([2H])c1ccc(Br)nn1. The Morgan fingerprint density at radius 2 is 2.55 bits per heavy atom. The zero-order chi connectivity index (χ0) is 16.0. The summed E-state index contributed by atoms with van der Waals surface area (Å²) < 4.78 is 67.5. The Morgan fingerprint density at radius 3 is 3.09 bits per heavy atom. The highest BCUT2D eigenvalue weighted by Gasteiger charge is 1.98. The van der Waals surface area contributed by atoms with Crippen molar-refractivity contribution < 1.29 is 12.3 Å². The van der Waals surface area contributed by atoms with Crippen LogP contribution in [0, 0.1) is 5.89 Å². The zero-order valence-corrected chi connectivity index (χ0v) is 7.01. The third kappa shape index (κ3) is 2.97. The first-order chi connectivity index (χ1) is 8.75. The molecule has 3 heteroatoms. The molecule has 0 saturated carbocycles. The number of rotatable bonds is 2. The number of nitrogens with zero attached hydrogens (tertiary/aromatic N) is 2. The molecule has 0 aliphatic carbocycles. The molecule has 0 bridgehead atoms. The third-order valence-corrected chi connectivity index (χ3v) is 1.31. The maximum absolute atomic E-state index is 7.84. The van der Waals surface area contributed by atoms with E-state index in [-0.39, 0.29) is 4.60 Å². The number of aromatic nitrogens is 2. The highest BCUT2D eigenvalue weighted by atomic mass is 79.9. The first-order valence-corrected chi connectivity index (χ1v) is 3.54. The molecule has 60 valence electrons. The molecule has 1 heterocycles. The molecule has 0 atom stereocenters. The molecule has 11 heavy (non-hydrogen) atoms. The van der Waals surface area contributed by atoms with Gasteiger partial charge in [-0.3, -0.25) is 0 Å². The van der Waals surface area contributed by atoms with Crippen molar-refractivity contribution >= 4 is 15.9 Å². The summed E-state index contributed by atoms with van der Waals surface area (Å²) in [5.41, 5.74) is -0.525. The van der Waals surface area contributed by atoms with E-state index in [4.69, 9.17) is 12.3 Å². The summed E-state index contributed by atoms with van der Waals surface area (Å²) in [5.74, 6) is -3.37. The van der Waals surface area contributed by atoms with E-state index in [1.54, 1.807) is 0 Å². The molecule has 0 fully saturated rings. The maximum Gasteiger partial charge on any atom is 0.128 e. The molecule has 0 aliphatic heterocycles. The molecule has 0 amide bonds. The monoisotopic (exact) mass is 223 g/mol. The van der Waals surface area contributed by atoms with Gasteiger partial charge in [-0.15, -0.1) is 5.10 Å². The van der Waals surface area contributed by atoms with Gasteiger partial charge in [0.05, 0.1) is 5.69 Å². The van der Waals surface area contributed by atoms with Crippen molar-refractivity contribution in [2.45, 2.75) is 20.1 Å². The van der Waals surface area contributed by atoms with Gasteiger partial charge >= 0.3 is 0 Å². The molecule has 0 aromatic carbocycles. The van der Waals surface area contributed by atoms with Crippen molar-refractivity contribution in [3.63, 3.8) is 0 Å². The Bertz CT molecular complexity index is 464. The van der Waals surface area contributed by atoms with Crippen LogP contribution in [-0.2, 0) is 6.37 Å². The van der Waals surface area contributed by atoms with Crippen molar-refractivity contribution in [1.29, 1.82) is 0 Å².